The predicted octanol–water partition coefficient (Wildman–Crippen LogP) is 3.08. The smallest absolute Gasteiger partial charge is 0.225 e. The molecule has 0 bridgehead atoms. The standard InChI is InChI=1S/C20H24FN3O2/c21-19-10-14(16-11-22-23-12-16)2-4-18(19)13-5-7-24(8-6-13)20(26)15-1-3-17(25)9-15/h2,4,10-13,15,17,25H,1,3,5-9H2,(H,22,23)/t15-,17+/m0/s1. The number of carbonyl (C=O) groups excluding carboxylic acids is 1. The van der Waals surface area contributed by atoms with E-state index in [1.807, 2.05) is 17.0 Å². The number of H-pyrrole nitrogens is 1. The van der Waals surface area contributed by atoms with E-state index in [0.717, 1.165) is 42.4 Å². The first-order valence-corrected chi connectivity index (χ1v) is 9.37. The van der Waals surface area contributed by atoms with Crippen molar-refractivity contribution in [1.82, 2.24) is 15.1 Å². The molecule has 2 N–H and O–H groups in total. The summed E-state index contributed by atoms with van der Waals surface area (Å²) in [6.45, 7) is 1.33. The molecule has 1 aliphatic heterocycles. The maximum atomic E-state index is 14.6. The first-order valence-electron chi connectivity index (χ1n) is 9.37. The summed E-state index contributed by atoms with van der Waals surface area (Å²) in [7, 11) is 0. The monoisotopic (exact) mass is 357 g/mol. The van der Waals surface area contributed by atoms with Gasteiger partial charge in [-0.15, -0.1) is 0 Å². The van der Waals surface area contributed by atoms with Gasteiger partial charge in [0.25, 0.3) is 0 Å². The molecule has 4 rings (SSSR count). The Morgan fingerprint density at radius 3 is 2.62 bits per heavy atom. The molecule has 1 aromatic heterocycles. The van der Waals surface area contributed by atoms with Crippen LogP contribution in [-0.4, -0.2) is 45.3 Å². The number of carbonyl (C=O) groups is 1. The van der Waals surface area contributed by atoms with Crippen molar-refractivity contribution in [3.63, 3.8) is 0 Å². The molecule has 6 heteroatoms. The highest BCUT2D eigenvalue weighted by molar-refractivity contribution is 5.79. The molecule has 138 valence electrons. The van der Waals surface area contributed by atoms with E-state index in [1.54, 1.807) is 18.5 Å². The molecule has 1 aromatic carbocycles. The van der Waals surface area contributed by atoms with Gasteiger partial charge in [0.1, 0.15) is 5.82 Å². The molecule has 0 radical (unpaired) electrons. The van der Waals surface area contributed by atoms with Crippen LogP contribution in [0.1, 0.15) is 43.6 Å². The number of aliphatic hydroxyl groups is 1. The summed E-state index contributed by atoms with van der Waals surface area (Å²) in [5, 5.41) is 16.3. The van der Waals surface area contributed by atoms with Gasteiger partial charge in [-0.1, -0.05) is 12.1 Å². The van der Waals surface area contributed by atoms with E-state index >= 15 is 0 Å². The average molecular weight is 357 g/mol. The second kappa shape index (κ2) is 7.19. The first-order chi connectivity index (χ1) is 12.6. The molecule has 2 atom stereocenters. The van der Waals surface area contributed by atoms with Crippen molar-refractivity contribution in [2.45, 2.75) is 44.1 Å². The van der Waals surface area contributed by atoms with Crippen LogP contribution in [0, 0.1) is 11.7 Å². The number of amides is 1. The van der Waals surface area contributed by atoms with Crippen LogP contribution >= 0.6 is 0 Å². The summed E-state index contributed by atoms with van der Waals surface area (Å²) >= 11 is 0. The van der Waals surface area contributed by atoms with Gasteiger partial charge in [-0.05, 0) is 55.2 Å². The molecule has 26 heavy (non-hydrogen) atoms. The third kappa shape index (κ3) is 3.38. The van der Waals surface area contributed by atoms with Gasteiger partial charge in [-0.25, -0.2) is 4.39 Å². The second-order valence-electron chi connectivity index (χ2n) is 7.49. The molecule has 1 saturated heterocycles. The fourth-order valence-corrected chi connectivity index (χ4v) is 4.30. The zero-order chi connectivity index (χ0) is 18.1. The van der Waals surface area contributed by atoms with Crippen LogP contribution in [0.4, 0.5) is 4.39 Å². The van der Waals surface area contributed by atoms with Gasteiger partial charge in [0.2, 0.25) is 5.91 Å². The number of aromatic nitrogens is 2. The molecule has 1 saturated carbocycles. The van der Waals surface area contributed by atoms with E-state index in [4.69, 9.17) is 0 Å². The Balaban J connectivity index is 1.39. The average Bonchev–Trinajstić information content (AvgIpc) is 3.33. The number of benzene rings is 1. The van der Waals surface area contributed by atoms with Crippen molar-refractivity contribution < 1.29 is 14.3 Å². The third-order valence-electron chi connectivity index (χ3n) is 5.83. The lowest BCUT2D eigenvalue weighted by molar-refractivity contribution is -0.136. The molecule has 0 unspecified atom stereocenters. The van der Waals surface area contributed by atoms with Crippen LogP contribution in [0.15, 0.2) is 30.6 Å². The predicted molar refractivity (Wildman–Crippen MR) is 95.9 cm³/mol. The fraction of sp³-hybridized carbons (Fsp3) is 0.500. The Labute approximate surface area is 152 Å². The second-order valence-corrected chi connectivity index (χ2v) is 7.49. The maximum Gasteiger partial charge on any atom is 0.225 e. The van der Waals surface area contributed by atoms with Gasteiger partial charge in [0, 0.05) is 30.8 Å². The van der Waals surface area contributed by atoms with Crippen molar-refractivity contribution in [3.8, 4) is 11.1 Å². The van der Waals surface area contributed by atoms with E-state index in [2.05, 4.69) is 10.2 Å². The van der Waals surface area contributed by atoms with E-state index in [0.29, 0.717) is 19.5 Å². The summed E-state index contributed by atoms with van der Waals surface area (Å²) in [5.41, 5.74) is 2.42. The van der Waals surface area contributed by atoms with Crippen LogP contribution < -0.4 is 0 Å². The molecular weight excluding hydrogens is 333 g/mol. The largest absolute Gasteiger partial charge is 0.393 e. The summed E-state index contributed by atoms with van der Waals surface area (Å²) < 4.78 is 14.6. The molecule has 2 aromatic rings. The van der Waals surface area contributed by atoms with Gasteiger partial charge in [-0.2, -0.15) is 5.10 Å². The van der Waals surface area contributed by atoms with Crippen molar-refractivity contribution in [2.24, 2.45) is 5.92 Å². The van der Waals surface area contributed by atoms with Crippen molar-refractivity contribution in [2.75, 3.05) is 13.1 Å². The molecule has 2 aliphatic rings. The molecule has 1 aliphatic carbocycles. The third-order valence-corrected chi connectivity index (χ3v) is 5.83. The quantitative estimate of drug-likeness (QED) is 0.887. The number of aromatic amines is 1. The summed E-state index contributed by atoms with van der Waals surface area (Å²) in [4.78, 5) is 14.5. The normalized spacial score (nSPS) is 24.2. The minimum atomic E-state index is -0.329. The van der Waals surface area contributed by atoms with Crippen LogP contribution in [0.3, 0.4) is 0 Å². The van der Waals surface area contributed by atoms with Crippen LogP contribution in [-0.2, 0) is 4.79 Å². The first kappa shape index (κ1) is 17.2. The number of hydrogen-bond donors (Lipinski definition) is 2. The van der Waals surface area contributed by atoms with Crippen molar-refractivity contribution >= 4 is 5.91 Å². The van der Waals surface area contributed by atoms with E-state index in [1.165, 1.54) is 0 Å². The molecule has 0 spiro atoms. The van der Waals surface area contributed by atoms with Crippen LogP contribution in [0.2, 0.25) is 0 Å². The van der Waals surface area contributed by atoms with Gasteiger partial charge < -0.3 is 10.0 Å². The molecule has 1 amide bonds. The van der Waals surface area contributed by atoms with E-state index in [9.17, 15) is 14.3 Å². The van der Waals surface area contributed by atoms with Crippen LogP contribution in [0.5, 0.6) is 0 Å². The Morgan fingerprint density at radius 2 is 2.00 bits per heavy atom. The van der Waals surface area contributed by atoms with E-state index < -0.39 is 0 Å². The minimum Gasteiger partial charge on any atom is -0.393 e. The topological polar surface area (TPSA) is 69.2 Å². The lowest BCUT2D eigenvalue weighted by atomic mass is 9.87. The lowest BCUT2D eigenvalue weighted by Crippen LogP contribution is -2.41. The van der Waals surface area contributed by atoms with Crippen LogP contribution in [0.25, 0.3) is 11.1 Å². The highest BCUT2D eigenvalue weighted by atomic mass is 19.1. The molecule has 2 fully saturated rings. The number of halogens is 1. The van der Waals surface area contributed by atoms with Crippen molar-refractivity contribution in [1.29, 1.82) is 0 Å². The Kier molecular flexibility index (Phi) is 4.76. The zero-order valence-electron chi connectivity index (χ0n) is 14.7. The summed E-state index contributed by atoms with van der Waals surface area (Å²) in [6.07, 6.45) is 6.75. The van der Waals surface area contributed by atoms with Gasteiger partial charge in [0.15, 0.2) is 0 Å². The zero-order valence-corrected chi connectivity index (χ0v) is 14.7. The number of rotatable bonds is 3. The number of hydrogen-bond acceptors (Lipinski definition) is 3. The Hall–Kier alpha value is -2.21. The maximum absolute atomic E-state index is 14.6. The number of likely N-dealkylation sites (tertiary alicyclic amines) is 1. The Bertz CT molecular complexity index is 769. The van der Waals surface area contributed by atoms with Gasteiger partial charge in [0.05, 0.1) is 12.3 Å². The molecule has 2 heterocycles. The number of nitrogens with one attached hydrogen (secondary N) is 1. The van der Waals surface area contributed by atoms with Crippen molar-refractivity contribution in [3.05, 3.63) is 42.0 Å². The van der Waals surface area contributed by atoms with Gasteiger partial charge >= 0.3 is 0 Å². The van der Waals surface area contributed by atoms with Gasteiger partial charge in [-0.3, -0.25) is 9.89 Å². The lowest BCUT2D eigenvalue weighted by Gasteiger charge is -2.34. The SMILES string of the molecule is O=C([C@H]1CC[C@@H](O)C1)N1CCC(c2ccc(-c3cn[nH]c3)cc2F)CC1. The highest BCUT2D eigenvalue weighted by Crippen LogP contribution is 2.34. The Morgan fingerprint density at radius 1 is 1.19 bits per heavy atom. The number of nitrogens with zero attached hydrogens (tertiary/aromatic N) is 2. The number of piperidine rings is 1. The molecular formula is C20H24FN3O2. The van der Waals surface area contributed by atoms with E-state index in [-0.39, 0.29) is 29.7 Å². The molecule has 5 nitrogen and oxygen atoms in total. The number of aliphatic hydroxyl groups excluding tert-OH is 1. The highest BCUT2D eigenvalue weighted by Gasteiger charge is 2.33. The minimum absolute atomic E-state index is 0.0347. The fourth-order valence-electron chi connectivity index (χ4n) is 4.30. The summed E-state index contributed by atoms with van der Waals surface area (Å²) in [5.74, 6) is 0.0855. The summed E-state index contributed by atoms with van der Waals surface area (Å²) in [6, 6.07) is 5.37.